The minimum absolute atomic E-state index is 0.126. The van der Waals surface area contributed by atoms with Gasteiger partial charge in [0.05, 0.1) is 30.0 Å². The molecule has 1 aliphatic heterocycles. The first-order valence-corrected chi connectivity index (χ1v) is 8.51. The van der Waals surface area contributed by atoms with Gasteiger partial charge in [-0.1, -0.05) is 6.07 Å². The Morgan fingerprint density at radius 2 is 2.12 bits per heavy atom. The largest absolute Gasteiger partial charge is 0.481 e. The molecule has 7 nitrogen and oxygen atoms in total. The molecule has 0 saturated carbocycles. The number of pyridine rings is 1. The summed E-state index contributed by atoms with van der Waals surface area (Å²) in [4.78, 5) is 17.8. The molecule has 7 heteroatoms. The summed E-state index contributed by atoms with van der Waals surface area (Å²) in [6.07, 6.45) is 4.79. The molecule has 0 aliphatic carbocycles. The predicted octanol–water partition coefficient (Wildman–Crippen LogP) is 1.87. The number of aromatic nitrogens is 4. The highest BCUT2D eigenvalue weighted by molar-refractivity contribution is 5.66. The van der Waals surface area contributed by atoms with Crippen molar-refractivity contribution in [1.29, 1.82) is 0 Å². The summed E-state index contributed by atoms with van der Waals surface area (Å²) in [6.45, 7) is 5.44. The molecule has 25 heavy (non-hydrogen) atoms. The second-order valence-corrected chi connectivity index (χ2v) is 6.66. The fourth-order valence-corrected chi connectivity index (χ4v) is 3.33. The van der Waals surface area contributed by atoms with Crippen molar-refractivity contribution < 1.29 is 9.90 Å². The maximum absolute atomic E-state index is 10.7. The van der Waals surface area contributed by atoms with E-state index in [0.29, 0.717) is 6.42 Å². The number of carbonyl (C=O) groups is 1. The zero-order chi connectivity index (χ0) is 17.4. The molecule has 1 aliphatic rings. The molecule has 0 aromatic carbocycles. The summed E-state index contributed by atoms with van der Waals surface area (Å²) in [5, 5.41) is 13.3. The van der Waals surface area contributed by atoms with E-state index in [-0.39, 0.29) is 6.42 Å². The van der Waals surface area contributed by atoms with Crippen molar-refractivity contribution in [2.24, 2.45) is 0 Å². The van der Waals surface area contributed by atoms with E-state index in [1.54, 1.807) is 0 Å². The van der Waals surface area contributed by atoms with Gasteiger partial charge < -0.3 is 9.51 Å². The van der Waals surface area contributed by atoms with Gasteiger partial charge in [0.1, 0.15) is 5.65 Å². The molecule has 0 spiro atoms. The number of aryl methyl sites for hydroxylation is 2. The minimum Gasteiger partial charge on any atom is -0.481 e. The van der Waals surface area contributed by atoms with E-state index in [1.807, 2.05) is 16.8 Å². The Labute approximate surface area is 145 Å². The molecule has 0 bridgehead atoms. The normalized spacial score (nSPS) is 14.8. The van der Waals surface area contributed by atoms with Gasteiger partial charge in [0, 0.05) is 38.4 Å². The quantitative estimate of drug-likeness (QED) is 0.768. The number of imidazole rings is 1. The van der Waals surface area contributed by atoms with Crippen LogP contribution >= 0.6 is 0 Å². The number of fused-ring (bicyclic) bond motifs is 2. The van der Waals surface area contributed by atoms with Crippen LogP contribution in [-0.2, 0) is 30.8 Å². The first-order chi connectivity index (χ1) is 12.1. The van der Waals surface area contributed by atoms with Crippen molar-refractivity contribution in [3.05, 3.63) is 53.2 Å². The average molecular weight is 339 g/mol. The van der Waals surface area contributed by atoms with Gasteiger partial charge in [-0.05, 0) is 24.6 Å². The summed E-state index contributed by atoms with van der Waals surface area (Å²) in [7, 11) is 0. The summed E-state index contributed by atoms with van der Waals surface area (Å²) in [6, 6.07) is 6.14. The summed E-state index contributed by atoms with van der Waals surface area (Å²) in [5.74, 6) is -0.783. The Kier molecular flexibility index (Phi) is 4.01. The summed E-state index contributed by atoms with van der Waals surface area (Å²) in [5.41, 5.74) is 5.25. The number of carboxylic acid groups (broad SMARTS) is 1. The summed E-state index contributed by atoms with van der Waals surface area (Å²) >= 11 is 0. The molecule has 0 unspecified atom stereocenters. The van der Waals surface area contributed by atoms with Crippen molar-refractivity contribution in [2.75, 3.05) is 6.54 Å². The average Bonchev–Trinajstić information content (AvgIpc) is 3.15. The standard InChI is InChI=1S/C18H21N5O2/c1-13-2-4-17-19-15(11-22(17)9-13)10-21-6-7-23-16(12-21)8-14(20-23)3-5-18(24)25/h2,4,8-9,11H,3,5-7,10,12H2,1H3,(H,24,25). The lowest BCUT2D eigenvalue weighted by atomic mass is 10.2. The van der Waals surface area contributed by atoms with Crippen LogP contribution in [0.2, 0.25) is 0 Å². The molecular weight excluding hydrogens is 318 g/mol. The molecular formula is C18H21N5O2. The van der Waals surface area contributed by atoms with E-state index in [4.69, 9.17) is 10.1 Å². The molecule has 1 N–H and O–H groups in total. The maximum atomic E-state index is 10.7. The molecule has 4 rings (SSSR count). The zero-order valence-corrected chi connectivity index (χ0v) is 14.2. The third-order valence-corrected chi connectivity index (χ3v) is 4.56. The zero-order valence-electron chi connectivity index (χ0n) is 14.2. The third-order valence-electron chi connectivity index (χ3n) is 4.56. The second kappa shape index (κ2) is 6.33. The highest BCUT2D eigenvalue weighted by Crippen LogP contribution is 2.17. The number of hydrogen-bond acceptors (Lipinski definition) is 4. The van der Waals surface area contributed by atoms with Gasteiger partial charge >= 0.3 is 5.97 Å². The van der Waals surface area contributed by atoms with Crippen molar-refractivity contribution >= 4 is 11.6 Å². The summed E-state index contributed by atoms with van der Waals surface area (Å²) < 4.78 is 4.07. The minimum atomic E-state index is -0.783. The lowest BCUT2D eigenvalue weighted by molar-refractivity contribution is -0.136. The highest BCUT2D eigenvalue weighted by atomic mass is 16.4. The number of rotatable bonds is 5. The van der Waals surface area contributed by atoms with Gasteiger partial charge in [-0.2, -0.15) is 5.10 Å². The van der Waals surface area contributed by atoms with Crippen LogP contribution in [0.3, 0.4) is 0 Å². The first-order valence-electron chi connectivity index (χ1n) is 8.51. The van der Waals surface area contributed by atoms with Crippen LogP contribution in [0.1, 0.15) is 29.1 Å². The maximum Gasteiger partial charge on any atom is 0.303 e. The van der Waals surface area contributed by atoms with Gasteiger partial charge in [0.15, 0.2) is 0 Å². The Balaban J connectivity index is 1.45. The number of hydrogen-bond donors (Lipinski definition) is 1. The van der Waals surface area contributed by atoms with Crippen LogP contribution in [0.5, 0.6) is 0 Å². The predicted molar refractivity (Wildman–Crippen MR) is 92.2 cm³/mol. The molecule has 0 radical (unpaired) electrons. The molecule has 0 amide bonds. The van der Waals surface area contributed by atoms with Crippen molar-refractivity contribution in [3.63, 3.8) is 0 Å². The van der Waals surface area contributed by atoms with Crippen molar-refractivity contribution in [3.8, 4) is 0 Å². The van der Waals surface area contributed by atoms with Crippen LogP contribution in [0, 0.1) is 6.92 Å². The van der Waals surface area contributed by atoms with Crippen molar-refractivity contribution in [2.45, 2.75) is 39.4 Å². The van der Waals surface area contributed by atoms with E-state index >= 15 is 0 Å². The van der Waals surface area contributed by atoms with Crippen LogP contribution in [0.25, 0.3) is 5.65 Å². The molecule has 130 valence electrons. The van der Waals surface area contributed by atoms with Gasteiger partial charge in [0.25, 0.3) is 0 Å². The van der Waals surface area contributed by atoms with Gasteiger partial charge in [-0.25, -0.2) is 4.98 Å². The SMILES string of the molecule is Cc1ccc2nc(CN3CCn4nc(CCC(=O)O)cc4C3)cn2c1. The molecule has 3 aromatic rings. The first kappa shape index (κ1) is 15.8. The fourth-order valence-electron chi connectivity index (χ4n) is 3.33. The van der Waals surface area contributed by atoms with E-state index in [1.165, 1.54) is 5.56 Å². The molecule has 0 saturated heterocycles. The Morgan fingerprint density at radius 3 is 2.96 bits per heavy atom. The number of carboxylic acids is 1. The fraction of sp³-hybridized carbons (Fsp3) is 0.389. The molecule has 4 heterocycles. The Hall–Kier alpha value is -2.67. The van der Waals surface area contributed by atoms with Crippen LogP contribution in [-0.4, -0.2) is 41.7 Å². The second-order valence-electron chi connectivity index (χ2n) is 6.66. The monoisotopic (exact) mass is 339 g/mol. The highest BCUT2D eigenvalue weighted by Gasteiger charge is 2.19. The lowest BCUT2D eigenvalue weighted by Gasteiger charge is -2.26. The lowest BCUT2D eigenvalue weighted by Crippen LogP contribution is -2.33. The van der Waals surface area contributed by atoms with E-state index < -0.39 is 5.97 Å². The topological polar surface area (TPSA) is 75.7 Å². The molecule has 0 atom stereocenters. The third kappa shape index (κ3) is 3.41. The van der Waals surface area contributed by atoms with Gasteiger partial charge in [-0.3, -0.25) is 14.4 Å². The van der Waals surface area contributed by atoms with Crippen LogP contribution in [0.15, 0.2) is 30.6 Å². The van der Waals surface area contributed by atoms with E-state index in [2.05, 4.69) is 39.8 Å². The van der Waals surface area contributed by atoms with Gasteiger partial charge in [-0.15, -0.1) is 0 Å². The van der Waals surface area contributed by atoms with Crippen LogP contribution < -0.4 is 0 Å². The number of nitrogens with zero attached hydrogens (tertiary/aromatic N) is 5. The Morgan fingerprint density at radius 1 is 1.24 bits per heavy atom. The van der Waals surface area contributed by atoms with Crippen molar-refractivity contribution in [1.82, 2.24) is 24.1 Å². The number of aliphatic carboxylic acids is 1. The van der Waals surface area contributed by atoms with Gasteiger partial charge in [0.2, 0.25) is 0 Å². The smallest absolute Gasteiger partial charge is 0.303 e. The Bertz CT molecular complexity index is 927. The van der Waals surface area contributed by atoms with E-state index in [9.17, 15) is 4.79 Å². The van der Waals surface area contributed by atoms with E-state index in [0.717, 1.165) is 48.9 Å². The molecule has 3 aromatic heterocycles. The van der Waals surface area contributed by atoms with Crippen LogP contribution in [0.4, 0.5) is 0 Å². The molecule has 0 fully saturated rings.